The summed E-state index contributed by atoms with van der Waals surface area (Å²) in [6.07, 6.45) is 5.02. The van der Waals surface area contributed by atoms with Crippen LogP contribution in [0.2, 0.25) is 0 Å². The summed E-state index contributed by atoms with van der Waals surface area (Å²) >= 11 is 0. The minimum atomic E-state index is -0.152. The van der Waals surface area contributed by atoms with Crippen LogP contribution < -0.4 is 5.32 Å². The van der Waals surface area contributed by atoms with Crippen molar-refractivity contribution in [2.45, 2.75) is 52.5 Å². The molecule has 0 radical (unpaired) electrons. The van der Waals surface area contributed by atoms with E-state index in [1.807, 2.05) is 13.0 Å². The van der Waals surface area contributed by atoms with E-state index in [0.29, 0.717) is 11.5 Å². The van der Waals surface area contributed by atoms with Crippen LogP contribution in [-0.2, 0) is 0 Å². The topological polar surface area (TPSA) is 12.0 Å². The van der Waals surface area contributed by atoms with Gasteiger partial charge in [0, 0.05) is 11.7 Å². The molecule has 0 aliphatic heterocycles. The Morgan fingerprint density at radius 3 is 2.65 bits per heavy atom. The summed E-state index contributed by atoms with van der Waals surface area (Å²) in [5.74, 6) is -0.152. The lowest BCUT2D eigenvalue weighted by atomic mass is 9.73. The van der Waals surface area contributed by atoms with Crippen molar-refractivity contribution >= 4 is 5.69 Å². The highest BCUT2D eigenvalue weighted by atomic mass is 19.1. The second-order valence-electron chi connectivity index (χ2n) is 5.95. The lowest BCUT2D eigenvalue weighted by molar-refractivity contribution is 0.217. The van der Waals surface area contributed by atoms with Crippen LogP contribution in [0.25, 0.3) is 0 Å². The van der Waals surface area contributed by atoms with Crippen molar-refractivity contribution in [2.75, 3.05) is 5.32 Å². The molecule has 1 aliphatic carbocycles. The Balaban J connectivity index is 2.14. The lowest BCUT2D eigenvalue weighted by Crippen LogP contribution is -2.38. The molecule has 1 aromatic rings. The number of benzene rings is 1. The minimum absolute atomic E-state index is 0.152. The van der Waals surface area contributed by atoms with E-state index < -0.39 is 0 Å². The number of halogens is 1. The Kier molecular flexibility index (Phi) is 3.41. The molecule has 17 heavy (non-hydrogen) atoms. The monoisotopic (exact) mass is 235 g/mol. The van der Waals surface area contributed by atoms with E-state index in [1.165, 1.54) is 25.7 Å². The number of nitrogens with one attached hydrogen (secondary N) is 1. The maximum absolute atomic E-state index is 13.3. The molecule has 94 valence electrons. The van der Waals surface area contributed by atoms with Gasteiger partial charge >= 0.3 is 0 Å². The Bertz CT molecular complexity index is 378. The highest BCUT2D eigenvalue weighted by Gasteiger charge is 2.31. The first-order valence-electron chi connectivity index (χ1n) is 6.51. The van der Waals surface area contributed by atoms with Crippen LogP contribution in [0.5, 0.6) is 0 Å². The van der Waals surface area contributed by atoms with Gasteiger partial charge < -0.3 is 5.32 Å². The van der Waals surface area contributed by atoms with Gasteiger partial charge in [0.2, 0.25) is 0 Å². The SMILES string of the molecule is Cc1cc(F)cc(NC2CCCCC2(C)C)c1. The van der Waals surface area contributed by atoms with Gasteiger partial charge in [0.05, 0.1) is 0 Å². The third-order valence-electron chi connectivity index (χ3n) is 3.89. The average molecular weight is 235 g/mol. The molecule has 1 saturated carbocycles. The number of hydrogen-bond acceptors (Lipinski definition) is 1. The third-order valence-corrected chi connectivity index (χ3v) is 3.89. The molecule has 0 spiro atoms. The van der Waals surface area contributed by atoms with E-state index in [4.69, 9.17) is 0 Å². The Morgan fingerprint density at radius 2 is 2.00 bits per heavy atom. The maximum Gasteiger partial charge on any atom is 0.125 e. The first kappa shape index (κ1) is 12.4. The standard InChI is InChI=1S/C15H22FN/c1-11-8-12(16)10-13(9-11)17-14-6-4-5-7-15(14,2)3/h8-10,14,17H,4-7H2,1-3H3. The van der Waals surface area contributed by atoms with Crippen LogP contribution >= 0.6 is 0 Å². The van der Waals surface area contributed by atoms with Gasteiger partial charge in [0.1, 0.15) is 5.82 Å². The second-order valence-corrected chi connectivity index (χ2v) is 5.95. The minimum Gasteiger partial charge on any atom is -0.382 e. The van der Waals surface area contributed by atoms with Crippen LogP contribution in [0.4, 0.5) is 10.1 Å². The molecule has 2 rings (SSSR count). The first-order valence-corrected chi connectivity index (χ1v) is 6.51. The zero-order chi connectivity index (χ0) is 12.5. The van der Waals surface area contributed by atoms with Gasteiger partial charge in [-0.1, -0.05) is 26.7 Å². The van der Waals surface area contributed by atoms with Crippen LogP contribution in [0.15, 0.2) is 18.2 Å². The number of rotatable bonds is 2. The summed E-state index contributed by atoms with van der Waals surface area (Å²) in [5.41, 5.74) is 2.20. The fourth-order valence-electron chi connectivity index (χ4n) is 2.78. The summed E-state index contributed by atoms with van der Waals surface area (Å²) < 4.78 is 13.3. The molecule has 2 heteroatoms. The lowest BCUT2D eigenvalue weighted by Gasteiger charge is -2.39. The van der Waals surface area contributed by atoms with Gasteiger partial charge in [-0.15, -0.1) is 0 Å². The summed E-state index contributed by atoms with van der Waals surface area (Å²) in [6, 6.07) is 5.64. The third kappa shape index (κ3) is 2.99. The Morgan fingerprint density at radius 1 is 1.24 bits per heavy atom. The van der Waals surface area contributed by atoms with E-state index >= 15 is 0 Å². The molecular formula is C15H22FN. The summed E-state index contributed by atoms with van der Waals surface area (Å²) in [5, 5.41) is 3.51. The van der Waals surface area contributed by atoms with Crippen molar-refractivity contribution in [2.24, 2.45) is 5.41 Å². The highest BCUT2D eigenvalue weighted by molar-refractivity contribution is 5.47. The van der Waals surface area contributed by atoms with E-state index in [9.17, 15) is 4.39 Å². The summed E-state index contributed by atoms with van der Waals surface area (Å²) in [4.78, 5) is 0. The molecule has 1 unspecified atom stereocenters. The summed E-state index contributed by atoms with van der Waals surface area (Å²) in [6.45, 7) is 6.53. The molecule has 0 bridgehead atoms. The van der Waals surface area contributed by atoms with Crippen molar-refractivity contribution in [1.29, 1.82) is 0 Å². The number of anilines is 1. The van der Waals surface area contributed by atoms with Crippen molar-refractivity contribution in [3.05, 3.63) is 29.6 Å². The fraction of sp³-hybridized carbons (Fsp3) is 0.600. The van der Waals surface area contributed by atoms with Gasteiger partial charge in [-0.2, -0.15) is 0 Å². The van der Waals surface area contributed by atoms with Crippen molar-refractivity contribution in [1.82, 2.24) is 0 Å². The molecule has 1 N–H and O–H groups in total. The van der Waals surface area contributed by atoms with Crippen LogP contribution in [0.1, 0.15) is 45.1 Å². The maximum atomic E-state index is 13.3. The molecule has 1 fully saturated rings. The zero-order valence-corrected chi connectivity index (χ0v) is 11.0. The van der Waals surface area contributed by atoms with Crippen molar-refractivity contribution in [3.8, 4) is 0 Å². The van der Waals surface area contributed by atoms with Gasteiger partial charge in [-0.25, -0.2) is 4.39 Å². The molecule has 1 nitrogen and oxygen atoms in total. The molecule has 0 heterocycles. The smallest absolute Gasteiger partial charge is 0.125 e. The van der Waals surface area contributed by atoms with E-state index in [0.717, 1.165) is 11.3 Å². The van der Waals surface area contributed by atoms with Crippen molar-refractivity contribution < 1.29 is 4.39 Å². The molecule has 1 atom stereocenters. The molecule has 1 aliphatic rings. The normalized spacial score (nSPS) is 23.4. The fourth-order valence-corrected chi connectivity index (χ4v) is 2.78. The Hall–Kier alpha value is -1.05. The molecule has 0 aromatic heterocycles. The van der Waals surface area contributed by atoms with E-state index in [-0.39, 0.29) is 5.82 Å². The van der Waals surface area contributed by atoms with Gasteiger partial charge in [-0.05, 0) is 48.9 Å². The molecular weight excluding hydrogens is 213 g/mol. The van der Waals surface area contributed by atoms with Crippen LogP contribution in [-0.4, -0.2) is 6.04 Å². The van der Waals surface area contributed by atoms with Gasteiger partial charge in [0.25, 0.3) is 0 Å². The van der Waals surface area contributed by atoms with Gasteiger partial charge in [0.15, 0.2) is 0 Å². The Labute approximate surface area is 103 Å². The van der Waals surface area contributed by atoms with Gasteiger partial charge in [-0.3, -0.25) is 0 Å². The average Bonchev–Trinajstić information content (AvgIpc) is 2.19. The van der Waals surface area contributed by atoms with E-state index in [2.05, 4.69) is 19.2 Å². The number of hydrogen-bond donors (Lipinski definition) is 1. The first-order chi connectivity index (χ1) is 7.97. The predicted octanol–water partition coefficient (Wildman–Crippen LogP) is 4.51. The molecule has 1 aromatic carbocycles. The largest absolute Gasteiger partial charge is 0.382 e. The van der Waals surface area contributed by atoms with E-state index in [1.54, 1.807) is 12.1 Å². The van der Waals surface area contributed by atoms with Crippen LogP contribution in [0.3, 0.4) is 0 Å². The molecule has 0 amide bonds. The molecule has 0 saturated heterocycles. The highest BCUT2D eigenvalue weighted by Crippen LogP contribution is 2.37. The van der Waals surface area contributed by atoms with Crippen LogP contribution in [0, 0.1) is 18.2 Å². The summed E-state index contributed by atoms with van der Waals surface area (Å²) in [7, 11) is 0. The zero-order valence-electron chi connectivity index (χ0n) is 11.0. The second kappa shape index (κ2) is 4.67. The van der Waals surface area contributed by atoms with Crippen molar-refractivity contribution in [3.63, 3.8) is 0 Å². The number of aryl methyl sites for hydroxylation is 1. The quantitative estimate of drug-likeness (QED) is 0.795. The predicted molar refractivity (Wildman–Crippen MR) is 70.8 cm³/mol.